The van der Waals surface area contributed by atoms with Crippen LogP contribution >= 0.6 is 11.8 Å². The van der Waals surface area contributed by atoms with Crippen molar-refractivity contribution >= 4 is 11.8 Å². The zero-order valence-corrected chi connectivity index (χ0v) is 12.9. The predicted molar refractivity (Wildman–Crippen MR) is 83.0 cm³/mol. The summed E-state index contributed by atoms with van der Waals surface area (Å²) in [4.78, 5) is 1.38. The summed E-state index contributed by atoms with van der Waals surface area (Å²) in [6, 6.07) is 10.8. The van der Waals surface area contributed by atoms with Crippen molar-refractivity contribution in [1.82, 2.24) is 0 Å². The van der Waals surface area contributed by atoms with Crippen LogP contribution in [0, 0.1) is 0 Å². The van der Waals surface area contributed by atoms with Crippen molar-refractivity contribution in [3.05, 3.63) is 30.3 Å². The topological polar surface area (TPSA) is 18.5 Å². The van der Waals surface area contributed by atoms with Crippen LogP contribution in [0.3, 0.4) is 0 Å². The van der Waals surface area contributed by atoms with E-state index < -0.39 is 0 Å². The SMILES string of the molecule is c1ccc(SC2(C3CCCOCO3)CCCCC2)cc1. The Bertz CT molecular complexity index is 393. The van der Waals surface area contributed by atoms with Gasteiger partial charge in [-0.3, -0.25) is 0 Å². The lowest BCUT2D eigenvalue weighted by atomic mass is 9.82. The first kappa shape index (κ1) is 14.4. The van der Waals surface area contributed by atoms with Gasteiger partial charge in [-0.25, -0.2) is 0 Å². The molecule has 20 heavy (non-hydrogen) atoms. The van der Waals surface area contributed by atoms with Crippen LogP contribution in [-0.2, 0) is 9.47 Å². The maximum Gasteiger partial charge on any atom is 0.147 e. The van der Waals surface area contributed by atoms with Gasteiger partial charge in [0.2, 0.25) is 0 Å². The van der Waals surface area contributed by atoms with Gasteiger partial charge in [0.15, 0.2) is 0 Å². The van der Waals surface area contributed by atoms with Gasteiger partial charge >= 0.3 is 0 Å². The molecule has 2 nitrogen and oxygen atoms in total. The van der Waals surface area contributed by atoms with Gasteiger partial charge in [0.25, 0.3) is 0 Å². The molecule has 0 bridgehead atoms. The maximum atomic E-state index is 6.07. The molecule has 0 spiro atoms. The largest absolute Gasteiger partial charge is 0.355 e. The third kappa shape index (κ3) is 3.38. The van der Waals surface area contributed by atoms with Gasteiger partial charge in [-0.15, -0.1) is 11.8 Å². The third-order valence-corrected chi connectivity index (χ3v) is 6.04. The average molecular weight is 292 g/mol. The summed E-state index contributed by atoms with van der Waals surface area (Å²) in [6.45, 7) is 1.32. The number of rotatable bonds is 3. The second-order valence-corrected chi connectivity index (χ2v) is 7.35. The van der Waals surface area contributed by atoms with Crippen LogP contribution in [0.4, 0.5) is 0 Å². The van der Waals surface area contributed by atoms with Crippen LogP contribution in [0.2, 0.25) is 0 Å². The zero-order valence-electron chi connectivity index (χ0n) is 12.1. The minimum absolute atomic E-state index is 0.257. The van der Waals surface area contributed by atoms with Gasteiger partial charge < -0.3 is 9.47 Å². The van der Waals surface area contributed by atoms with E-state index in [1.807, 2.05) is 11.8 Å². The fourth-order valence-corrected chi connectivity index (χ4v) is 4.99. The second-order valence-electron chi connectivity index (χ2n) is 5.86. The minimum Gasteiger partial charge on any atom is -0.355 e. The molecule has 1 aliphatic carbocycles. The van der Waals surface area contributed by atoms with Crippen LogP contribution in [0.5, 0.6) is 0 Å². The first-order valence-corrected chi connectivity index (χ1v) is 8.64. The Balaban J connectivity index is 1.79. The van der Waals surface area contributed by atoms with Gasteiger partial charge in [-0.1, -0.05) is 37.5 Å². The molecular formula is C17H24O2S. The molecule has 1 aromatic carbocycles. The first-order valence-electron chi connectivity index (χ1n) is 7.82. The average Bonchev–Trinajstić information content (AvgIpc) is 2.79. The van der Waals surface area contributed by atoms with Crippen molar-refractivity contribution in [3.8, 4) is 0 Å². The molecule has 3 rings (SSSR count). The molecule has 1 aliphatic heterocycles. The lowest BCUT2D eigenvalue weighted by Gasteiger charge is -2.42. The summed E-state index contributed by atoms with van der Waals surface area (Å²) in [5, 5.41) is 0. The monoisotopic (exact) mass is 292 g/mol. The normalized spacial score (nSPS) is 26.9. The molecule has 0 amide bonds. The van der Waals surface area contributed by atoms with Gasteiger partial charge in [0.1, 0.15) is 6.79 Å². The molecular weight excluding hydrogens is 268 g/mol. The van der Waals surface area contributed by atoms with E-state index in [0.717, 1.165) is 19.4 Å². The van der Waals surface area contributed by atoms with Crippen LogP contribution in [0.15, 0.2) is 35.2 Å². The maximum absolute atomic E-state index is 6.07. The Labute approximate surface area is 126 Å². The Kier molecular flexibility index (Phi) is 5.03. The van der Waals surface area contributed by atoms with Crippen LogP contribution in [0.25, 0.3) is 0 Å². The standard InChI is InChI=1S/C17H24O2S/c1-3-8-15(9-4-1)20-17(11-5-2-6-12-17)16-10-7-13-18-14-19-16/h1,3-4,8-9,16H,2,5-7,10-14H2. The Hall–Kier alpha value is -0.510. The molecule has 3 heteroatoms. The van der Waals surface area contributed by atoms with E-state index in [1.165, 1.54) is 37.0 Å². The fraction of sp³-hybridized carbons (Fsp3) is 0.647. The lowest BCUT2D eigenvalue weighted by molar-refractivity contribution is -0.0821. The molecule has 1 saturated carbocycles. The van der Waals surface area contributed by atoms with E-state index >= 15 is 0 Å². The highest BCUT2D eigenvalue weighted by Gasteiger charge is 2.41. The molecule has 2 fully saturated rings. The van der Waals surface area contributed by atoms with Crippen molar-refractivity contribution in [3.63, 3.8) is 0 Å². The quantitative estimate of drug-likeness (QED) is 0.809. The highest BCUT2D eigenvalue weighted by molar-refractivity contribution is 8.00. The minimum atomic E-state index is 0.257. The third-order valence-electron chi connectivity index (χ3n) is 4.46. The summed E-state index contributed by atoms with van der Waals surface area (Å²) in [5.41, 5.74) is 0. The zero-order chi connectivity index (χ0) is 13.7. The summed E-state index contributed by atoms with van der Waals surface area (Å²) >= 11 is 2.05. The van der Waals surface area contributed by atoms with E-state index in [1.54, 1.807) is 0 Å². The van der Waals surface area contributed by atoms with E-state index in [2.05, 4.69) is 30.3 Å². The van der Waals surface area contributed by atoms with E-state index in [-0.39, 0.29) is 4.75 Å². The number of hydrogen-bond acceptors (Lipinski definition) is 3. The Morgan fingerprint density at radius 2 is 1.80 bits per heavy atom. The Morgan fingerprint density at radius 1 is 1.00 bits per heavy atom. The van der Waals surface area contributed by atoms with Gasteiger partial charge in [-0.2, -0.15) is 0 Å². The number of ether oxygens (including phenoxy) is 2. The highest BCUT2D eigenvalue weighted by atomic mass is 32.2. The molecule has 1 aromatic rings. The van der Waals surface area contributed by atoms with Crippen LogP contribution < -0.4 is 0 Å². The van der Waals surface area contributed by atoms with Crippen molar-refractivity contribution in [1.29, 1.82) is 0 Å². The summed E-state index contributed by atoms with van der Waals surface area (Å²) in [5.74, 6) is 0. The summed E-state index contributed by atoms with van der Waals surface area (Å²) in [7, 11) is 0. The summed E-state index contributed by atoms with van der Waals surface area (Å²) < 4.78 is 11.8. The highest BCUT2D eigenvalue weighted by Crippen LogP contribution is 2.48. The molecule has 2 aliphatic rings. The van der Waals surface area contributed by atoms with E-state index in [4.69, 9.17) is 9.47 Å². The molecule has 110 valence electrons. The fourth-order valence-electron chi connectivity index (χ4n) is 3.42. The molecule has 1 atom stereocenters. The number of hydrogen-bond donors (Lipinski definition) is 0. The molecule has 0 N–H and O–H groups in total. The predicted octanol–water partition coefficient (Wildman–Crippen LogP) is 4.63. The van der Waals surface area contributed by atoms with Gasteiger partial charge in [0.05, 0.1) is 6.10 Å². The number of thioether (sulfide) groups is 1. The molecule has 0 radical (unpaired) electrons. The van der Waals surface area contributed by atoms with Gasteiger partial charge in [0, 0.05) is 16.2 Å². The second kappa shape index (κ2) is 6.97. The smallest absolute Gasteiger partial charge is 0.147 e. The Morgan fingerprint density at radius 3 is 2.60 bits per heavy atom. The number of benzene rings is 1. The molecule has 0 aromatic heterocycles. The van der Waals surface area contributed by atoms with Crippen molar-refractivity contribution < 1.29 is 9.47 Å². The van der Waals surface area contributed by atoms with Crippen molar-refractivity contribution in [2.24, 2.45) is 0 Å². The van der Waals surface area contributed by atoms with Crippen molar-refractivity contribution in [2.75, 3.05) is 13.4 Å². The van der Waals surface area contributed by atoms with E-state index in [9.17, 15) is 0 Å². The van der Waals surface area contributed by atoms with E-state index in [0.29, 0.717) is 12.9 Å². The first-order chi connectivity index (χ1) is 9.89. The summed E-state index contributed by atoms with van der Waals surface area (Å²) in [6.07, 6.45) is 9.20. The molecule has 1 unspecified atom stereocenters. The van der Waals surface area contributed by atoms with Crippen molar-refractivity contribution in [2.45, 2.75) is 60.7 Å². The van der Waals surface area contributed by atoms with Crippen LogP contribution in [-0.4, -0.2) is 24.3 Å². The molecule has 1 saturated heterocycles. The lowest BCUT2D eigenvalue weighted by Crippen LogP contribution is -2.42. The molecule has 1 heterocycles. The van der Waals surface area contributed by atoms with Gasteiger partial charge in [-0.05, 0) is 37.8 Å². The van der Waals surface area contributed by atoms with Crippen LogP contribution in [0.1, 0.15) is 44.9 Å².